The van der Waals surface area contributed by atoms with Gasteiger partial charge in [0.15, 0.2) is 0 Å². The number of methoxy groups -OCH3 is 1. The molecule has 0 bridgehead atoms. The molecule has 0 atom stereocenters. The summed E-state index contributed by atoms with van der Waals surface area (Å²) in [6.07, 6.45) is 0. The zero-order valence-corrected chi connectivity index (χ0v) is 22.2. The van der Waals surface area contributed by atoms with Crippen molar-refractivity contribution in [2.45, 2.75) is 24.8 Å². The molecular weight excluding hydrogens is 512 g/mol. The molecule has 37 heavy (non-hydrogen) atoms. The number of carbonyl (C=O) groups is 1. The van der Waals surface area contributed by atoms with E-state index < -0.39 is 22.0 Å². The summed E-state index contributed by atoms with van der Waals surface area (Å²) in [5.74, 6) is 0.590. The summed E-state index contributed by atoms with van der Waals surface area (Å²) >= 11 is 5.92. The van der Waals surface area contributed by atoms with Gasteiger partial charge in [0.1, 0.15) is 11.6 Å². The number of ether oxygens (including phenoxy) is 1. The van der Waals surface area contributed by atoms with Crippen molar-refractivity contribution in [3.63, 3.8) is 0 Å². The van der Waals surface area contributed by atoms with Gasteiger partial charge in [0, 0.05) is 22.7 Å². The Morgan fingerprint density at radius 3 is 2.27 bits per heavy atom. The van der Waals surface area contributed by atoms with Gasteiger partial charge in [-0.25, -0.2) is 13.1 Å². The minimum absolute atomic E-state index is 0.0630. The monoisotopic (exact) mass is 538 g/mol. The average molecular weight is 539 g/mol. The van der Waals surface area contributed by atoms with E-state index in [1.807, 2.05) is 42.5 Å². The molecule has 0 unspecified atom stereocenters. The lowest BCUT2D eigenvalue weighted by Crippen LogP contribution is -2.42. The van der Waals surface area contributed by atoms with E-state index in [0.717, 1.165) is 9.87 Å². The van der Waals surface area contributed by atoms with E-state index in [-0.39, 0.29) is 11.4 Å². The average Bonchev–Trinajstić information content (AvgIpc) is 3.31. The van der Waals surface area contributed by atoms with Crippen LogP contribution in [-0.2, 0) is 14.8 Å². The maximum absolute atomic E-state index is 13.3. The zero-order chi connectivity index (χ0) is 26.6. The molecule has 3 aromatic carbocycles. The zero-order valence-electron chi connectivity index (χ0n) is 20.6. The van der Waals surface area contributed by atoms with Gasteiger partial charge in [0.25, 0.3) is 0 Å². The Balaban J connectivity index is 1.64. The lowest BCUT2D eigenvalue weighted by molar-refractivity contribution is -0.116. The molecule has 1 amide bonds. The molecular formula is C27H27ClN4O4S. The Bertz CT molecular complexity index is 1470. The van der Waals surface area contributed by atoms with Crippen molar-refractivity contribution in [2.24, 2.45) is 0 Å². The van der Waals surface area contributed by atoms with Crippen LogP contribution in [0.5, 0.6) is 5.75 Å². The molecule has 1 N–H and O–H groups in total. The number of rotatable bonds is 9. The highest BCUT2D eigenvalue weighted by Gasteiger charge is 2.29. The molecule has 0 aliphatic rings. The number of halogens is 1. The van der Waals surface area contributed by atoms with Gasteiger partial charge in [0.2, 0.25) is 15.9 Å². The van der Waals surface area contributed by atoms with Crippen molar-refractivity contribution in [1.82, 2.24) is 14.1 Å². The number of amides is 1. The van der Waals surface area contributed by atoms with E-state index in [1.165, 1.54) is 24.3 Å². The van der Waals surface area contributed by atoms with Crippen LogP contribution in [0, 0.1) is 0 Å². The van der Waals surface area contributed by atoms with E-state index in [9.17, 15) is 13.2 Å². The highest BCUT2D eigenvalue weighted by molar-refractivity contribution is 7.89. The second kappa shape index (κ2) is 11.2. The van der Waals surface area contributed by atoms with Gasteiger partial charge < -0.3 is 10.1 Å². The van der Waals surface area contributed by atoms with Crippen LogP contribution in [0.1, 0.15) is 13.8 Å². The fourth-order valence-electron chi connectivity index (χ4n) is 3.75. The summed E-state index contributed by atoms with van der Waals surface area (Å²) < 4.78 is 34.6. The first kappa shape index (κ1) is 26.4. The fourth-order valence-corrected chi connectivity index (χ4v) is 5.47. The third kappa shape index (κ3) is 6.02. The standard InChI is InChI=1S/C27H27ClN4O4S/c1-19(2)31(37(34,35)24-15-9-21(28)10-16-24)18-27(33)29-26-17-25(20-7-5-4-6-8-20)30-32(26)22-11-13-23(36-3)14-12-22/h4-17,19H,18H2,1-3H3,(H,29,33). The van der Waals surface area contributed by atoms with Gasteiger partial charge in [-0.1, -0.05) is 41.9 Å². The molecule has 4 rings (SSSR count). The Labute approximate surface area is 221 Å². The topological polar surface area (TPSA) is 93.5 Å². The summed E-state index contributed by atoms with van der Waals surface area (Å²) in [7, 11) is -2.35. The third-order valence-electron chi connectivity index (χ3n) is 5.66. The van der Waals surface area contributed by atoms with Crippen LogP contribution in [0.4, 0.5) is 5.82 Å². The number of nitrogens with one attached hydrogen (secondary N) is 1. The molecule has 0 saturated heterocycles. The molecule has 192 valence electrons. The molecule has 4 aromatic rings. The van der Waals surface area contributed by atoms with Gasteiger partial charge in [-0.05, 0) is 62.4 Å². The van der Waals surface area contributed by atoms with Crippen LogP contribution in [0.2, 0.25) is 5.02 Å². The number of hydrogen-bond acceptors (Lipinski definition) is 5. The Morgan fingerprint density at radius 1 is 1.03 bits per heavy atom. The van der Waals surface area contributed by atoms with Gasteiger partial charge in [-0.15, -0.1) is 0 Å². The summed E-state index contributed by atoms with van der Waals surface area (Å²) in [5, 5.41) is 7.97. The van der Waals surface area contributed by atoms with Gasteiger partial charge >= 0.3 is 0 Å². The maximum atomic E-state index is 13.3. The Morgan fingerprint density at radius 2 is 1.68 bits per heavy atom. The van der Waals surface area contributed by atoms with E-state index >= 15 is 0 Å². The third-order valence-corrected chi connectivity index (χ3v) is 7.95. The first-order chi connectivity index (χ1) is 17.7. The lowest BCUT2D eigenvalue weighted by Gasteiger charge is -2.25. The summed E-state index contributed by atoms with van der Waals surface area (Å²) in [5.41, 5.74) is 2.23. The van der Waals surface area contributed by atoms with E-state index in [1.54, 1.807) is 43.8 Å². The number of carbonyl (C=O) groups excluding carboxylic acids is 1. The summed E-state index contributed by atoms with van der Waals surface area (Å²) in [4.78, 5) is 13.3. The van der Waals surface area contributed by atoms with Gasteiger partial charge in [-0.3, -0.25) is 4.79 Å². The van der Waals surface area contributed by atoms with Crippen LogP contribution < -0.4 is 10.1 Å². The highest BCUT2D eigenvalue weighted by Crippen LogP contribution is 2.26. The van der Waals surface area contributed by atoms with Crippen LogP contribution in [0.25, 0.3) is 16.9 Å². The number of anilines is 1. The Hall–Kier alpha value is -3.66. The maximum Gasteiger partial charge on any atom is 0.243 e. The van der Waals surface area contributed by atoms with E-state index in [2.05, 4.69) is 5.32 Å². The SMILES string of the molecule is COc1ccc(-n2nc(-c3ccccc3)cc2NC(=O)CN(C(C)C)S(=O)(=O)c2ccc(Cl)cc2)cc1. The molecule has 1 heterocycles. The number of aromatic nitrogens is 2. The molecule has 0 radical (unpaired) electrons. The van der Waals surface area contributed by atoms with Crippen molar-refractivity contribution in [1.29, 1.82) is 0 Å². The van der Waals surface area contributed by atoms with Crippen LogP contribution in [0.15, 0.2) is 89.8 Å². The van der Waals surface area contributed by atoms with Crippen LogP contribution in [-0.4, -0.2) is 48.1 Å². The quantitative estimate of drug-likeness (QED) is 0.314. The largest absolute Gasteiger partial charge is 0.497 e. The van der Waals surface area contributed by atoms with Gasteiger partial charge in [0.05, 0.1) is 29.9 Å². The molecule has 1 aromatic heterocycles. The number of benzene rings is 3. The van der Waals surface area contributed by atoms with Crippen LogP contribution in [0.3, 0.4) is 0 Å². The lowest BCUT2D eigenvalue weighted by atomic mass is 10.2. The highest BCUT2D eigenvalue weighted by atomic mass is 35.5. The molecule has 8 nitrogen and oxygen atoms in total. The van der Waals surface area contributed by atoms with Crippen molar-refractivity contribution in [3.05, 3.63) is 90.0 Å². The predicted octanol–water partition coefficient (Wildman–Crippen LogP) is 5.24. The van der Waals surface area contributed by atoms with Crippen LogP contribution >= 0.6 is 11.6 Å². The van der Waals surface area contributed by atoms with Gasteiger partial charge in [-0.2, -0.15) is 9.40 Å². The number of nitrogens with zero attached hydrogens (tertiary/aromatic N) is 3. The molecule has 0 spiro atoms. The molecule has 0 aliphatic carbocycles. The minimum atomic E-state index is -3.93. The van der Waals surface area contributed by atoms with Crippen molar-refractivity contribution in [2.75, 3.05) is 19.0 Å². The first-order valence-electron chi connectivity index (χ1n) is 11.6. The second-order valence-electron chi connectivity index (χ2n) is 8.54. The number of sulfonamides is 1. The molecule has 0 fully saturated rings. The van der Waals surface area contributed by atoms with Crippen molar-refractivity contribution >= 4 is 33.3 Å². The fraction of sp³-hybridized carbons (Fsp3) is 0.185. The second-order valence-corrected chi connectivity index (χ2v) is 10.9. The Kier molecular flexibility index (Phi) is 7.97. The van der Waals surface area contributed by atoms with Crippen molar-refractivity contribution < 1.29 is 17.9 Å². The van der Waals surface area contributed by atoms with Crippen molar-refractivity contribution in [3.8, 4) is 22.7 Å². The summed E-state index contributed by atoms with van der Waals surface area (Å²) in [6, 6.07) is 24.0. The van der Waals surface area contributed by atoms with E-state index in [4.69, 9.17) is 21.4 Å². The molecule has 10 heteroatoms. The minimum Gasteiger partial charge on any atom is -0.497 e. The smallest absolute Gasteiger partial charge is 0.243 e. The van der Waals surface area contributed by atoms with E-state index in [0.29, 0.717) is 28.0 Å². The first-order valence-corrected chi connectivity index (χ1v) is 13.4. The predicted molar refractivity (Wildman–Crippen MR) is 145 cm³/mol. The molecule has 0 saturated carbocycles. The summed E-state index contributed by atoms with van der Waals surface area (Å²) in [6.45, 7) is 3.06. The molecule has 0 aliphatic heterocycles. The normalized spacial score (nSPS) is 11.6. The number of hydrogen-bond donors (Lipinski definition) is 1.